The fourth-order valence-electron chi connectivity index (χ4n) is 4.22. The lowest BCUT2D eigenvalue weighted by Gasteiger charge is -2.33. The van der Waals surface area contributed by atoms with Crippen molar-refractivity contribution in [3.05, 3.63) is 30.0 Å². The molecule has 2 aliphatic heterocycles. The molecule has 1 atom stereocenters. The minimum absolute atomic E-state index is 0.181. The summed E-state index contributed by atoms with van der Waals surface area (Å²) in [5.74, 6) is 0.636. The van der Waals surface area contributed by atoms with Gasteiger partial charge in [0.1, 0.15) is 12.0 Å². The Balaban J connectivity index is 1.29. The monoisotopic (exact) mass is 357 g/mol. The Morgan fingerprint density at radius 2 is 1.96 bits per heavy atom. The number of piperidine rings is 1. The third-order valence-corrected chi connectivity index (χ3v) is 5.82. The predicted octanol–water partition coefficient (Wildman–Crippen LogP) is 2.38. The van der Waals surface area contributed by atoms with Crippen LogP contribution in [0.3, 0.4) is 0 Å². The second kappa shape index (κ2) is 7.86. The Morgan fingerprint density at radius 1 is 1.15 bits per heavy atom. The topological polar surface area (TPSA) is 69.8 Å². The number of hydrogen-bond acceptors (Lipinski definition) is 6. The van der Waals surface area contributed by atoms with Gasteiger partial charge in [0.05, 0.1) is 5.69 Å². The molecule has 0 radical (unpaired) electrons. The van der Waals surface area contributed by atoms with E-state index in [0.29, 0.717) is 12.3 Å². The van der Waals surface area contributed by atoms with Gasteiger partial charge >= 0.3 is 0 Å². The van der Waals surface area contributed by atoms with Gasteiger partial charge in [-0.15, -0.1) is 0 Å². The van der Waals surface area contributed by atoms with Gasteiger partial charge in [0.15, 0.2) is 5.58 Å². The first-order valence-corrected chi connectivity index (χ1v) is 9.71. The molecule has 1 unspecified atom stereocenters. The number of Topliss-reactive ketones (excluding diaryl/α,β-unsaturated/α-hetero) is 1. The highest BCUT2D eigenvalue weighted by Crippen LogP contribution is 2.32. The summed E-state index contributed by atoms with van der Waals surface area (Å²) in [5, 5.41) is 15.7. The molecule has 0 spiro atoms. The highest BCUT2D eigenvalue weighted by atomic mass is 16.5. The highest BCUT2D eigenvalue weighted by Gasteiger charge is 2.27. The first kappa shape index (κ1) is 17.6. The smallest absolute Gasteiger partial charge is 0.167 e. The fourth-order valence-corrected chi connectivity index (χ4v) is 4.22. The number of carbonyl (C=O) groups is 1. The molecule has 6 heteroatoms. The highest BCUT2D eigenvalue weighted by molar-refractivity contribution is 5.80. The van der Waals surface area contributed by atoms with Crippen LogP contribution in [0, 0.1) is 0 Å². The molecule has 0 bridgehead atoms. The van der Waals surface area contributed by atoms with Crippen molar-refractivity contribution >= 4 is 16.8 Å². The maximum Gasteiger partial charge on any atom is 0.167 e. The third-order valence-electron chi connectivity index (χ3n) is 5.82. The van der Waals surface area contributed by atoms with E-state index in [9.17, 15) is 9.90 Å². The van der Waals surface area contributed by atoms with E-state index in [-0.39, 0.29) is 12.2 Å². The summed E-state index contributed by atoms with van der Waals surface area (Å²) in [4.78, 5) is 16.1. The largest absolute Gasteiger partial charge is 0.378 e. The average molecular weight is 357 g/mol. The molecule has 2 aromatic rings. The number of aliphatic hydroxyl groups excluding tert-OH is 1. The second-order valence-electron chi connectivity index (χ2n) is 7.54. The lowest BCUT2D eigenvalue weighted by Crippen LogP contribution is -2.43. The summed E-state index contributed by atoms with van der Waals surface area (Å²) >= 11 is 0. The van der Waals surface area contributed by atoms with Gasteiger partial charge in [-0.05, 0) is 44.5 Å². The van der Waals surface area contributed by atoms with E-state index in [1.807, 2.05) is 18.2 Å². The van der Waals surface area contributed by atoms with Gasteiger partial charge in [0.25, 0.3) is 0 Å². The van der Waals surface area contributed by atoms with Crippen LogP contribution in [0.1, 0.15) is 43.7 Å². The van der Waals surface area contributed by atoms with Gasteiger partial charge in [-0.1, -0.05) is 17.3 Å². The third kappa shape index (κ3) is 3.82. The number of ketones is 1. The molecular weight excluding hydrogens is 330 g/mol. The van der Waals surface area contributed by atoms with E-state index in [1.165, 1.54) is 0 Å². The summed E-state index contributed by atoms with van der Waals surface area (Å²) in [6, 6.07) is 8.08. The first-order valence-electron chi connectivity index (χ1n) is 9.71. The van der Waals surface area contributed by atoms with Crippen molar-refractivity contribution in [1.82, 2.24) is 15.0 Å². The quantitative estimate of drug-likeness (QED) is 0.906. The van der Waals surface area contributed by atoms with Gasteiger partial charge in [-0.2, -0.15) is 0 Å². The molecular formula is C20H27N3O3. The lowest BCUT2D eigenvalue weighted by atomic mass is 9.91. The number of carbonyl (C=O) groups excluding carboxylic acids is 1. The first-order chi connectivity index (χ1) is 12.7. The summed E-state index contributed by atoms with van der Waals surface area (Å²) in [6.07, 6.45) is 3.29. The maximum absolute atomic E-state index is 11.6. The van der Waals surface area contributed by atoms with Crippen molar-refractivity contribution in [2.24, 2.45) is 0 Å². The molecule has 2 aliphatic rings. The minimum Gasteiger partial charge on any atom is -0.378 e. The SMILES string of the molecule is O=C1CCCN(CCN2CCC(c3noc4ccccc34)CC2)C(O)C1. The van der Waals surface area contributed by atoms with Gasteiger partial charge in [-0.25, -0.2) is 0 Å². The zero-order valence-corrected chi connectivity index (χ0v) is 15.1. The van der Waals surface area contributed by atoms with Crippen LogP contribution >= 0.6 is 0 Å². The van der Waals surface area contributed by atoms with Gasteiger partial charge in [-0.3, -0.25) is 9.69 Å². The van der Waals surface area contributed by atoms with Crippen molar-refractivity contribution in [2.45, 2.75) is 44.2 Å². The summed E-state index contributed by atoms with van der Waals surface area (Å²) in [6.45, 7) is 4.65. The Morgan fingerprint density at radius 3 is 2.81 bits per heavy atom. The van der Waals surface area contributed by atoms with E-state index in [0.717, 1.165) is 68.6 Å². The van der Waals surface area contributed by atoms with Gasteiger partial charge in [0, 0.05) is 43.8 Å². The second-order valence-corrected chi connectivity index (χ2v) is 7.54. The van der Waals surface area contributed by atoms with E-state index >= 15 is 0 Å². The van der Waals surface area contributed by atoms with Crippen molar-refractivity contribution in [1.29, 1.82) is 0 Å². The molecule has 1 N–H and O–H groups in total. The molecule has 2 saturated heterocycles. The van der Waals surface area contributed by atoms with Crippen LogP contribution in [0.15, 0.2) is 28.8 Å². The number of nitrogens with zero attached hydrogens (tertiary/aromatic N) is 3. The van der Waals surface area contributed by atoms with Crippen LogP contribution in [0.5, 0.6) is 0 Å². The minimum atomic E-state index is -0.607. The van der Waals surface area contributed by atoms with E-state index in [1.54, 1.807) is 0 Å². The van der Waals surface area contributed by atoms with Crippen LogP contribution in [0.25, 0.3) is 11.0 Å². The molecule has 3 heterocycles. The zero-order chi connectivity index (χ0) is 17.9. The van der Waals surface area contributed by atoms with Crippen molar-refractivity contribution in [2.75, 3.05) is 32.7 Å². The fraction of sp³-hybridized carbons (Fsp3) is 0.600. The standard InChI is InChI=1S/C20H27N3O3/c24-16-4-3-9-23(19(25)14-16)13-12-22-10-7-15(8-11-22)20-17-5-1-2-6-18(17)26-21-20/h1-2,5-6,15,19,25H,3-4,7-14H2. The van der Waals surface area contributed by atoms with Crippen LogP contribution in [-0.4, -0.2) is 64.8 Å². The number of aliphatic hydroxyl groups is 1. The summed E-state index contributed by atoms with van der Waals surface area (Å²) in [5.41, 5.74) is 1.97. The average Bonchev–Trinajstić information content (AvgIpc) is 3.01. The summed E-state index contributed by atoms with van der Waals surface area (Å²) < 4.78 is 5.46. The van der Waals surface area contributed by atoms with Gasteiger partial charge < -0.3 is 14.5 Å². The van der Waals surface area contributed by atoms with Crippen molar-refractivity contribution in [3.8, 4) is 0 Å². The Labute approximate surface area is 153 Å². The molecule has 2 fully saturated rings. The van der Waals surface area contributed by atoms with E-state index in [4.69, 9.17) is 4.52 Å². The predicted molar refractivity (Wildman–Crippen MR) is 98.9 cm³/mol. The molecule has 6 nitrogen and oxygen atoms in total. The Kier molecular flexibility index (Phi) is 5.33. The van der Waals surface area contributed by atoms with Crippen molar-refractivity contribution in [3.63, 3.8) is 0 Å². The van der Waals surface area contributed by atoms with E-state index < -0.39 is 6.23 Å². The molecule has 0 saturated carbocycles. The number of aromatic nitrogens is 1. The number of benzene rings is 1. The zero-order valence-electron chi connectivity index (χ0n) is 15.1. The molecule has 1 aromatic heterocycles. The van der Waals surface area contributed by atoms with Crippen molar-refractivity contribution < 1.29 is 14.4 Å². The van der Waals surface area contributed by atoms with Crippen LogP contribution in [0.2, 0.25) is 0 Å². The molecule has 4 rings (SSSR count). The lowest BCUT2D eigenvalue weighted by molar-refractivity contribution is -0.122. The number of likely N-dealkylation sites (tertiary alicyclic amines) is 2. The van der Waals surface area contributed by atoms with Crippen LogP contribution in [0.4, 0.5) is 0 Å². The summed E-state index contributed by atoms with van der Waals surface area (Å²) in [7, 11) is 0. The molecule has 1 aromatic carbocycles. The normalized spacial score (nSPS) is 24.2. The molecule has 0 amide bonds. The number of para-hydroxylation sites is 1. The Hall–Kier alpha value is -1.76. The molecule has 26 heavy (non-hydrogen) atoms. The molecule has 140 valence electrons. The number of fused-ring (bicyclic) bond motifs is 1. The van der Waals surface area contributed by atoms with Gasteiger partial charge in [0.2, 0.25) is 0 Å². The maximum atomic E-state index is 11.6. The number of rotatable bonds is 4. The van der Waals surface area contributed by atoms with Crippen LogP contribution < -0.4 is 0 Å². The van der Waals surface area contributed by atoms with Crippen LogP contribution in [-0.2, 0) is 4.79 Å². The Bertz CT molecular complexity index is 752. The number of hydrogen-bond donors (Lipinski definition) is 1. The molecule has 0 aliphatic carbocycles. The van der Waals surface area contributed by atoms with E-state index in [2.05, 4.69) is 21.0 Å².